The number of amides is 1. The molecule has 0 aromatic heterocycles. The summed E-state index contributed by atoms with van der Waals surface area (Å²) in [5.41, 5.74) is -1.07. The van der Waals surface area contributed by atoms with Gasteiger partial charge in [0, 0.05) is 12.3 Å². The second kappa shape index (κ2) is 9.91. The van der Waals surface area contributed by atoms with Crippen molar-refractivity contribution in [2.24, 2.45) is 5.89 Å². The maximum atomic E-state index is 13.4. The molecule has 5 unspecified atom stereocenters. The van der Waals surface area contributed by atoms with E-state index in [0.717, 1.165) is 11.8 Å². The fourth-order valence-electron chi connectivity index (χ4n) is 2.63. The minimum absolute atomic E-state index is 0.653. The van der Waals surface area contributed by atoms with Crippen LogP contribution in [0.2, 0.25) is 0 Å². The van der Waals surface area contributed by atoms with Gasteiger partial charge < -0.3 is 30.7 Å². The van der Waals surface area contributed by atoms with Crippen molar-refractivity contribution < 1.29 is 38.6 Å². The highest BCUT2D eigenvalue weighted by molar-refractivity contribution is 7.99. The molecule has 0 aromatic carbocycles. The topological polar surface area (TPSA) is 111 Å². The van der Waals surface area contributed by atoms with E-state index >= 15 is 0 Å². The summed E-state index contributed by atoms with van der Waals surface area (Å²) >= 11 is 7.16. The second-order valence-corrected chi connectivity index (χ2v) is 7.48. The van der Waals surface area contributed by atoms with Gasteiger partial charge in [0.05, 0.1) is 18.8 Å². The first-order valence-electron chi connectivity index (χ1n) is 12.9. The van der Waals surface area contributed by atoms with Crippen LogP contribution in [0.25, 0.3) is 0 Å². The van der Waals surface area contributed by atoms with Crippen LogP contribution in [-0.2, 0) is 9.53 Å². The van der Waals surface area contributed by atoms with Crippen molar-refractivity contribution in [2.75, 3.05) is 12.8 Å². The number of carbonyl (C=O) groups excluding carboxylic acids is 1. The maximum absolute atomic E-state index is 13.4. The van der Waals surface area contributed by atoms with Crippen LogP contribution in [0, 0.1) is 5.89 Å². The largest absolute Gasteiger partial charge is 0.388 e. The molecule has 2 aliphatic rings. The lowest BCUT2D eigenvalue weighted by atomic mass is 9.89. The van der Waals surface area contributed by atoms with Crippen molar-refractivity contribution in [2.45, 2.75) is 80.3 Å². The van der Waals surface area contributed by atoms with Crippen molar-refractivity contribution in [1.29, 1.82) is 0 Å². The monoisotopic (exact) mass is 420 g/mol. The first-order chi connectivity index (χ1) is 16.0. The number of aliphatic hydroxyl groups excluding tert-OH is 3. The van der Waals surface area contributed by atoms with E-state index in [1.54, 1.807) is 5.32 Å². The Morgan fingerprint density at radius 3 is 2.77 bits per heavy atom. The Morgan fingerprint density at radius 1 is 1.50 bits per heavy atom. The minimum atomic E-state index is -3.69. The molecule has 2 rings (SSSR count). The van der Waals surface area contributed by atoms with E-state index in [9.17, 15) is 20.1 Å². The van der Waals surface area contributed by atoms with E-state index in [1.807, 2.05) is 0 Å². The number of rotatable bonds is 6. The summed E-state index contributed by atoms with van der Waals surface area (Å²) in [4.78, 5) is 13.4. The highest BCUT2D eigenvalue weighted by Crippen LogP contribution is 2.30. The smallest absolute Gasteiger partial charge is 0.237 e. The van der Waals surface area contributed by atoms with Crippen LogP contribution in [0.5, 0.6) is 0 Å². The highest BCUT2D eigenvalue weighted by atomic mass is 35.5. The van der Waals surface area contributed by atoms with E-state index in [4.69, 9.17) is 30.0 Å². The van der Waals surface area contributed by atoms with Gasteiger partial charge in [-0.25, -0.2) is 0 Å². The predicted octanol–water partition coefficient (Wildman–Crippen LogP) is 0.0473. The number of piperidine rings is 1. The number of hydrogen-bond donors (Lipinski definition) is 5. The van der Waals surface area contributed by atoms with Gasteiger partial charge in [0.2, 0.25) is 5.91 Å². The highest BCUT2D eigenvalue weighted by Gasteiger charge is 2.48. The van der Waals surface area contributed by atoms with Gasteiger partial charge in [-0.05, 0) is 38.3 Å². The second-order valence-electron chi connectivity index (χ2n) is 5.85. The number of aliphatic hydroxyl groups is 3. The third-order valence-corrected chi connectivity index (χ3v) is 5.21. The van der Waals surface area contributed by atoms with Gasteiger partial charge in [0.25, 0.3) is 0 Å². The molecule has 1 amide bonds. The summed E-state index contributed by atoms with van der Waals surface area (Å²) < 4.78 is 87.9. The molecule has 5 N–H and O–H groups in total. The Bertz CT molecular complexity index is 853. The molecular weight excluding hydrogens is 380 g/mol. The zero-order chi connectivity index (χ0) is 28.4. The standard InChI is InChI=1S/C17H31ClN2O5S/c1-4-9-5-6-19-10(7-9)16(24)20-11(8(2)18)15-13(22)12(21)14(23)17(25-15)26-3/h8-15,17,19,21-23H,4-7H2,1-3H3,(H,20,24)/t8-,9-,10+,11-,12?,13?,14?,15?,17?/m1/s1/i4D2,5D2,6D2,7D2,9D,10D. The van der Waals surface area contributed by atoms with Crippen LogP contribution in [-0.4, -0.2) is 81.3 Å². The molecule has 9 heteroatoms. The molecular formula is C17H31ClN2O5S. The third kappa shape index (κ3) is 5.04. The Balaban J connectivity index is 2.56. The zero-order valence-corrected chi connectivity index (χ0v) is 16.1. The molecule has 0 bridgehead atoms. The van der Waals surface area contributed by atoms with Gasteiger partial charge in [-0.2, -0.15) is 0 Å². The number of nitrogens with one attached hydrogen (secondary N) is 2. The first kappa shape index (κ1) is 11.8. The van der Waals surface area contributed by atoms with E-state index in [-0.39, 0.29) is 0 Å². The fourth-order valence-corrected chi connectivity index (χ4v) is 3.52. The van der Waals surface area contributed by atoms with Crippen LogP contribution in [0.1, 0.15) is 46.7 Å². The SMILES string of the molecule is [2H]C1([2H])N[C@]([2H])(C(=O)N[C@@H](C2OC(SC)C(O)C(O)C2O)[C@@H](C)Cl)C([2H])([2H])[C@]([2H])(C([2H])([2H])C)C1([2H])[2H]. The van der Waals surface area contributed by atoms with Gasteiger partial charge in [-0.3, -0.25) is 4.79 Å². The first-order valence-corrected chi connectivity index (χ1v) is 9.65. The van der Waals surface area contributed by atoms with Gasteiger partial charge in [0.15, 0.2) is 0 Å². The van der Waals surface area contributed by atoms with E-state index in [0.29, 0.717) is 6.92 Å². The number of thioether (sulfide) groups is 1. The van der Waals surface area contributed by atoms with Crippen molar-refractivity contribution in [3.8, 4) is 0 Å². The molecule has 2 aliphatic heterocycles. The molecule has 2 heterocycles. The lowest BCUT2D eigenvalue weighted by molar-refractivity contribution is -0.205. The molecule has 2 saturated heterocycles. The van der Waals surface area contributed by atoms with Crippen molar-refractivity contribution in [1.82, 2.24) is 10.6 Å². The van der Waals surface area contributed by atoms with Gasteiger partial charge in [-0.15, -0.1) is 23.4 Å². The summed E-state index contributed by atoms with van der Waals surface area (Å²) in [6.07, 6.45) is -15.3. The Hall–Kier alpha value is -0.0900. The van der Waals surface area contributed by atoms with Gasteiger partial charge >= 0.3 is 0 Å². The van der Waals surface area contributed by atoms with Gasteiger partial charge in [0.1, 0.15) is 29.9 Å². The Labute approximate surface area is 178 Å². The lowest BCUT2D eigenvalue weighted by Crippen LogP contribution is -2.65. The third-order valence-electron chi connectivity index (χ3n) is 4.09. The number of alkyl halides is 1. The Kier molecular flexibility index (Phi) is 4.50. The molecule has 0 radical (unpaired) electrons. The van der Waals surface area contributed by atoms with Crippen LogP contribution < -0.4 is 10.6 Å². The van der Waals surface area contributed by atoms with Crippen LogP contribution >= 0.6 is 23.4 Å². The summed E-state index contributed by atoms with van der Waals surface area (Å²) in [5, 5.41) is 33.6. The minimum Gasteiger partial charge on any atom is -0.388 e. The summed E-state index contributed by atoms with van der Waals surface area (Å²) in [7, 11) is 0. The number of carbonyl (C=O) groups is 1. The molecule has 152 valence electrons. The molecule has 0 spiro atoms. The lowest BCUT2D eigenvalue weighted by Gasteiger charge is -2.44. The molecule has 0 aliphatic carbocycles. The number of halogens is 1. The summed E-state index contributed by atoms with van der Waals surface area (Å²) in [5.74, 6) is -5.27. The van der Waals surface area contributed by atoms with E-state index in [2.05, 4.69) is 5.32 Å². The van der Waals surface area contributed by atoms with Crippen LogP contribution in [0.4, 0.5) is 0 Å². The average Bonchev–Trinajstić information content (AvgIpc) is 2.73. The average molecular weight is 421 g/mol. The Morgan fingerprint density at radius 2 is 2.19 bits per heavy atom. The van der Waals surface area contributed by atoms with Crippen molar-refractivity contribution >= 4 is 29.3 Å². The summed E-state index contributed by atoms with van der Waals surface area (Å²) in [6.45, 7) is -1.44. The summed E-state index contributed by atoms with van der Waals surface area (Å²) in [6, 6.07) is -4.94. The maximum Gasteiger partial charge on any atom is 0.237 e. The van der Waals surface area contributed by atoms with Gasteiger partial charge in [-0.1, -0.05) is 13.3 Å². The van der Waals surface area contributed by atoms with Crippen LogP contribution in [0.3, 0.4) is 0 Å². The number of hydrogen-bond acceptors (Lipinski definition) is 7. The molecule has 26 heavy (non-hydrogen) atoms. The molecule has 2 fully saturated rings. The van der Waals surface area contributed by atoms with Crippen LogP contribution in [0.15, 0.2) is 0 Å². The predicted molar refractivity (Wildman–Crippen MR) is 102 cm³/mol. The molecule has 9 atom stereocenters. The van der Waals surface area contributed by atoms with E-state index in [1.165, 1.54) is 13.2 Å². The molecule has 0 aromatic rings. The van der Waals surface area contributed by atoms with Crippen molar-refractivity contribution in [3.05, 3.63) is 0 Å². The van der Waals surface area contributed by atoms with E-state index < -0.39 is 84.7 Å². The quantitative estimate of drug-likeness (QED) is 0.386. The number of ether oxygens (including phenoxy) is 1. The zero-order valence-electron chi connectivity index (χ0n) is 24.5. The van der Waals surface area contributed by atoms with Crippen molar-refractivity contribution in [3.63, 3.8) is 0 Å². The molecule has 0 saturated carbocycles. The normalized spacial score (nSPS) is 58.3. The fraction of sp³-hybridized carbons (Fsp3) is 0.941. The molecule has 7 nitrogen and oxygen atoms in total.